The molecule has 1 aliphatic rings. The molecular weight excluding hydrogens is 372 g/mol. The number of hydrogen-bond acceptors (Lipinski definition) is 6. The van der Waals surface area contributed by atoms with Crippen molar-refractivity contribution in [2.24, 2.45) is 5.92 Å². The molecule has 2 aromatic carbocycles. The van der Waals surface area contributed by atoms with E-state index in [0.717, 1.165) is 4.90 Å². The highest BCUT2D eigenvalue weighted by molar-refractivity contribution is 7.98. The number of nitrogens with one attached hydrogen (secondary N) is 4. The lowest BCUT2D eigenvalue weighted by Crippen LogP contribution is -2.45. The van der Waals surface area contributed by atoms with Crippen molar-refractivity contribution in [2.75, 3.05) is 22.8 Å². The third-order valence-corrected chi connectivity index (χ3v) is 6.33. The lowest BCUT2D eigenvalue weighted by atomic mass is 10.1. The number of rotatable bonds is 6. The second-order valence-electron chi connectivity index (χ2n) is 5.79. The Kier molecular flexibility index (Phi) is 5.82. The monoisotopic (exact) mass is 392 g/mol. The zero-order chi connectivity index (χ0) is 18.6. The third-order valence-electron chi connectivity index (χ3n) is 3.97. The quantitative estimate of drug-likeness (QED) is 0.560. The minimum atomic E-state index is -3.80. The van der Waals surface area contributed by atoms with E-state index in [2.05, 4.69) is 20.9 Å². The molecule has 138 valence electrons. The zero-order valence-electron chi connectivity index (χ0n) is 14.1. The summed E-state index contributed by atoms with van der Waals surface area (Å²) in [6.45, 7) is 0.217. The minimum Gasteiger partial charge on any atom is -0.326 e. The summed E-state index contributed by atoms with van der Waals surface area (Å²) in [6.07, 6.45) is 1.95. The van der Waals surface area contributed by atoms with Crippen LogP contribution in [0.5, 0.6) is 0 Å². The van der Waals surface area contributed by atoms with Gasteiger partial charge in [-0.3, -0.25) is 14.9 Å². The summed E-state index contributed by atoms with van der Waals surface area (Å²) in [5, 5.41) is 1.72. The summed E-state index contributed by atoms with van der Waals surface area (Å²) in [6, 6.07) is 16.0. The number of benzene rings is 2. The number of carbonyl (C=O) groups is 1. The van der Waals surface area contributed by atoms with Gasteiger partial charge in [0.2, 0.25) is 5.91 Å². The largest absolute Gasteiger partial charge is 0.326 e. The number of hydrogen-bond donors (Lipinski definition) is 4. The molecule has 7 nitrogen and oxygen atoms in total. The maximum atomic E-state index is 12.7. The fourth-order valence-electron chi connectivity index (χ4n) is 2.67. The number of para-hydroxylation sites is 1. The number of hydrazine groups is 1. The molecule has 0 aromatic heterocycles. The number of carbonyl (C=O) groups excluding carboxylic acids is 1. The molecule has 2 unspecified atom stereocenters. The van der Waals surface area contributed by atoms with Crippen LogP contribution < -0.4 is 20.9 Å². The van der Waals surface area contributed by atoms with E-state index >= 15 is 0 Å². The fourth-order valence-corrected chi connectivity index (χ4v) is 4.61. The molecule has 26 heavy (non-hydrogen) atoms. The summed E-state index contributed by atoms with van der Waals surface area (Å²) >= 11 is 1.57. The average Bonchev–Trinajstić information content (AvgIpc) is 3.13. The zero-order valence-corrected chi connectivity index (χ0v) is 15.7. The molecular formula is C17H20N4O3S2. The molecule has 1 aliphatic heterocycles. The summed E-state index contributed by atoms with van der Waals surface area (Å²) in [5.41, 5.74) is 6.55. The van der Waals surface area contributed by atoms with E-state index in [4.69, 9.17) is 0 Å². The lowest BCUT2D eigenvalue weighted by molar-refractivity contribution is -0.119. The average molecular weight is 393 g/mol. The first kappa shape index (κ1) is 18.7. The van der Waals surface area contributed by atoms with Crippen LogP contribution in [0, 0.1) is 5.92 Å². The summed E-state index contributed by atoms with van der Waals surface area (Å²) in [5.74, 6) is -1.13. The molecule has 4 N–H and O–H groups in total. The molecule has 0 bridgehead atoms. The van der Waals surface area contributed by atoms with E-state index in [1.807, 2.05) is 24.5 Å². The second kappa shape index (κ2) is 8.09. The molecule has 9 heteroatoms. The SMILES string of the molecule is CSc1cccc(NC(=O)C2CNNC2S(=O)(=O)Nc2ccccc2)c1. The van der Waals surface area contributed by atoms with Gasteiger partial charge in [-0.2, -0.15) is 0 Å². The second-order valence-corrected chi connectivity index (χ2v) is 8.47. The Balaban J connectivity index is 1.73. The van der Waals surface area contributed by atoms with E-state index in [1.165, 1.54) is 0 Å². The van der Waals surface area contributed by atoms with Crippen LogP contribution >= 0.6 is 11.8 Å². The molecule has 2 atom stereocenters. The van der Waals surface area contributed by atoms with Crippen LogP contribution in [-0.2, 0) is 14.8 Å². The van der Waals surface area contributed by atoms with Crippen molar-refractivity contribution in [1.29, 1.82) is 0 Å². The third kappa shape index (κ3) is 4.36. The summed E-state index contributed by atoms with van der Waals surface area (Å²) in [7, 11) is -3.80. The Morgan fingerprint density at radius 2 is 1.85 bits per heavy atom. The summed E-state index contributed by atoms with van der Waals surface area (Å²) < 4.78 is 27.9. The Hall–Kier alpha value is -2.07. The molecule has 2 aromatic rings. The van der Waals surface area contributed by atoms with Crippen molar-refractivity contribution in [2.45, 2.75) is 10.3 Å². The first-order chi connectivity index (χ1) is 12.5. The maximum absolute atomic E-state index is 12.7. The van der Waals surface area contributed by atoms with Crippen LogP contribution in [0.1, 0.15) is 0 Å². The molecule has 0 aliphatic carbocycles. The van der Waals surface area contributed by atoms with Gasteiger partial charge in [0, 0.05) is 22.8 Å². The first-order valence-electron chi connectivity index (χ1n) is 7.99. The van der Waals surface area contributed by atoms with Gasteiger partial charge in [0.05, 0.1) is 5.92 Å². The van der Waals surface area contributed by atoms with Gasteiger partial charge in [0.25, 0.3) is 10.0 Å². The van der Waals surface area contributed by atoms with Gasteiger partial charge in [0.1, 0.15) is 0 Å². The predicted molar refractivity (Wildman–Crippen MR) is 104 cm³/mol. The van der Waals surface area contributed by atoms with Crippen LogP contribution in [0.3, 0.4) is 0 Å². The van der Waals surface area contributed by atoms with Gasteiger partial charge in [0.15, 0.2) is 5.37 Å². The Bertz CT molecular complexity index is 875. The standard InChI is InChI=1S/C17H20N4O3S2/c1-25-14-9-5-8-13(10-14)19-16(22)15-11-18-20-17(15)26(23,24)21-12-6-3-2-4-7-12/h2-10,15,17-18,20-21H,11H2,1H3,(H,19,22). The van der Waals surface area contributed by atoms with E-state index in [1.54, 1.807) is 48.2 Å². The lowest BCUT2D eigenvalue weighted by Gasteiger charge is -2.19. The number of sulfonamides is 1. The van der Waals surface area contributed by atoms with Crippen molar-refractivity contribution >= 4 is 39.1 Å². The van der Waals surface area contributed by atoms with Crippen LogP contribution in [-0.4, -0.2) is 32.5 Å². The van der Waals surface area contributed by atoms with Crippen LogP contribution in [0.15, 0.2) is 59.5 Å². The smallest absolute Gasteiger partial charge is 0.250 e. The highest BCUT2D eigenvalue weighted by Gasteiger charge is 2.41. The van der Waals surface area contributed by atoms with Crippen molar-refractivity contribution in [3.63, 3.8) is 0 Å². The minimum absolute atomic E-state index is 0.217. The first-order valence-corrected chi connectivity index (χ1v) is 10.8. The highest BCUT2D eigenvalue weighted by atomic mass is 32.2. The van der Waals surface area contributed by atoms with Gasteiger partial charge in [-0.15, -0.1) is 11.8 Å². The van der Waals surface area contributed by atoms with Gasteiger partial charge < -0.3 is 5.32 Å². The number of amides is 1. The molecule has 1 heterocycles. The maximum Gasteiger partial charge on any atom is 0.250 e. The van der Waals surface area contributed by atoms with Crippen molar-refractivity contribution in [3.05, 3.63) is 54.6 Å². The van der Waals surface area contributed by atoms with E-state index in [9.17, 15) is 13.2 Å². The molecule has 1 amide bonds. The summed E-state index contributed by atoms with van der Waals surface area (Å²) in [4.78, 5) is 13.6. The van der Waals surface area contributed by atoms with Gasteiger partial charge in [-0.1, -0.05) is 24.3 Å². The van der Waals surface area contributed by atoms with Crippen molar-refractivity contribution in [3.8, 4) is 0 Å². The van der Waals surface area contributed by atoms with E-state index in [0.29, 0.717) is 11.4 Å². The Labute approximate surface area is 157 Å². The van der Waals surface area contributed by atoms with Crippen molar-refractivity contribution < 1.29 is 13.2 Å². The Morgan fingerprint density at radius 1 is 1.12 bits per heavy atom. The molecule has 3 rings (SSSR count). The molecule has 0 spiro atoms. The molecule has 1 saturated heterocycles. The fraction of sp³-hybridized carbons (Fsp3) is 0.235. The molecule has 0 radical (unpaired) electrons. The van der Waals surface area contributed by atoms with Gasteiger partial charge >= 0.3 is 0 Å². The number of anilines is 2. The van der Waals surface area contributed by atoms with Crippen LogP contribution in [0.2, 0.25) is 0 Å². The van der Waals surface area contributed by atoms with E-state index in [-0.39, 0.29) is 12.5 Å². The predicted octanol–water partition coefficient (Wildman–Crippen LogP) is 1.84. The molecule has 1 fully saturated rings. The normalized spacial score (nSPS) is 19.9. The van der Waals surface area contributed by atoms with Gasteiger partial charge in [-0.05, 0) is 36.6 Å². The Morgan fingerprint density at radius 3 is 2.58 bits per heavy atom. The molecule has 0 saturated carbocycles. The van der Waals surface area contributed by atoms with E-state index < -0.39 is 21.3 Å². The van der Waals surface area contributed by atoms with Gasteiger partial charge in [-0.25, -0.2) is 13.8 Å². The van der Waals surface area contributed by atoms with Crippen LogP contribution in [0.4, 0.5) is 11.4 Å². The highest BCUT2D eigenvalue weighted by Crippen LogP contribution is 2.22. The topological polar surface area (TPSA) is 99.3 Å². The van der Waals surface area contributed by atoms with Crippen LogP contribution in [0.25, 0.3) is 0 Å². The van der Waals surface area contributed by atoms with Crippen molar-refractivity contribution in [1.82, 2.24) is 10.9 Å². The number of thioether (sulfide) groups is 1.